The van der Waals surface area contributed by atoms with Crippen LogP contribution in [-0.4, -0.2) is 6.10 Å². The highest BCUT2D eigenvalue weighted by atomic mass is 19.2. The van der Waals surface area contributed by atoms with E-state index in [-0.39, 0.29) is 6.10 Å². The Kier molecular flexibility index (Phi) is 2.88. The molecule has 1 aromatic rings. The molecule has 0 saturated carbocycles. The number of benzene rings is 1. The first kappa shape index (κ1) is 10.7. The lowest BCUT2D eigenvalue weighted by Gasteiger charge is -2.11. The van der Waals surface area contributed by atoms with E-state index in [1.165, 1.54) is 0 Å². The lowest BCUT2D eigenvalue weighted by molar-refractivity contribution is 0.226. The molecule has 0 aromatic heterocycles. The number of anilines is 1. The third-order valence-corrected chi connectivity index (χ3v) is 1.52. The van der Waals surface area contributed by atoms with Gasteiger partial charge in [0, 0.05) is 6.07 Å². The molecule has 0 saturated heterocycles. The predicted molar refractivity (Wildman–Crippen MR) is 46.5 cm³/mol. The van der Waals surface area contributed by atoms with E-state index in [9.17, 15) is 13.2 Å². The van der Waals surface area contributed by atoms with Crippen molar-refractivity contribution in [2.75, 3.05) is 5.73 Å². The molecule has 0 aliphatic rings. The van der Waals surface area contributed by atoms with Crippen LogP contribution in [0.25, 0.3) is 0 Å². The Balaban J connectivity index is 3.19. The summed E-state index contributed by atoms with van der Waals surface area (Å²) < 4.78 is 43.6. The summed E-state index contributed by atoms with van der Waals surface area (Å²) in [6.07, 6.45) is -0.369. The fraction of sp³-hybridized carbons (Fsp3) is 0.333. The summed E-state index contributed by atoms with van der Waals surface area (Å²) in [5, 5.41) is 0. The van der Waals surface area contributed by atoms with Gasteiger partial charge >= 0.3 is 0 Å². The number of hydrogen-bond donors (Lipinski definition) is 1. The maximum Gasteiger partial charge on any atom is 0.202 e. The summed E-state index contributed by atoms with van der Waals surface area (Å²) in [4.78, 5) is 0. The summed E-state index contributed by atoms with van der Waals surface area (Å²) in [6.45, 7) is 3.23. The minimum Gasteiger partial charge on any atom is -0.488 e. The van der Waals surface area contributed by atoms with Gasteiger partial charge in [-0.15, -0.1) is 0 Å². The van der Waals surface area contributed by atoms with E-state index in [4.69, 9.17) is 10.5 Å². The summed E-state index contributed by atoms with van der Waals surface area (Å²) in [7, 11) is 0. The molecule has 0 spiro atoms. The molecule has 0 aliphatic heterocycles. The Hall–Kier alpha value is -1.39. The normalized spacial score (nSPS) is 10.7. The summed E-state index contributed by atoms with van der Waals surface area (Å²) in [5.41, 5.74) is 4.10. The van der Waals surface area contributed by atoms with Crippen LogP contribution in [0.5, 0.6) is 5.75 Å². The van der Waals surface area contributed by atoms with E-state index in [0.717, 1.165) is 6.07 Å². The zero-order chi connectivity index (χ0) is 10.9. The van der Waals surface area contributed by atoms with Gasteiger partial charge in [0.1, 0.15) is 5.69 Å². The molecule has 0 amide bonds. The lowest BCUT2D eigenvalue weighted by Crippen LogP contribution is -2.09. The topological polar surface area (TPSA) is 35.2 Å². The minimum atomic E-state index is -1.42. The van der Waals surface area contributed by atoms with E-state index >= 15 is 0 Å². The van der Waals surface area contributed by atoms with Crippen LogP contribution in [0, 0.1) is 17.5 Å². The molecular weight excluding hydrogens is 195 g/mol. The Morgan fingerprint density at radius 1 is 1.21 bits per heavy atom. The summed E-state index contributed by atoms with van der Waals surface area (Å²) >= 11 is 0. The molecule has 0 aliphatic carbocycles. The van der Waals surface area contributed by atoms with Gasteiger partial charge in [-0.2, -0.15) is 4.39 Å². The second-order valence-electron chi connectivity index (χ2n) is 3.06. The molecule has 0 radical (unpaired) electrons. The van der Waals surface area contributed by atoms with E-state index in [1.807, 2.05) is 0 Å². The molecule has 14 heavy (non-hydrogen) atoms. The highest BCUT2D eigenvalue weighted by Gasteiger charge is 2.18. The Morgan fingerprint density at radius 3 is 2.29 bits per heavy atom. The maximum absolute atomic E-state index is 13.1. The first-order valence-electron chi connectivity index (χ1n) is 4.03. The standard InChI is InChI=1S/C9H10F3NO/c1-4(2)14-6-3-5(10)9(13)8(12)7(6)11/h3-4H,13H2,1-2H3. The third kappa shape index (κ3) is 1.92. The predicted octanol–water partition coefficient (Wildman–Crippen LogP) is 2.47. The molecule has 2 nitrogen and oxygen atoms in total. The number of nitrogen functional groups attached to an aromatic ring is 1. The van der Waals surface area contributed by atoms with Crippen molar-refractivity contribution in [1.29, 1.82) is 0 Å². The highest BCUT2D eigenvalue weighted by Crippen LogP contribution is 2.27. The van der Waals surface area contributed by atoms with E-state index in [1.54, 1.807) is 13.8 Å². The molecule has 0 unspecified atom stereocenters. The van der Waals surface area contributed by atoms with Crippen molar-refractivity contribution in [3.05, 3.63) is 23.5 Å². The molecule has 0 heterocycles. The number of hydrogen-bond acceptors (Lipinski definition) is 2. The molecule has 0 atom stereocenters. The quantitative estimate of drug-likeness (QED) is 0.594. The number of halogens is 3. The van der Waals surface area contributed by atoms with Crippen LogP contribution in [0.4, 0.5) is 18.9 Å². The first-order chi connectivity index (χ1) is 6.43. The molecule has 78 valence electrons. The van der Waals surface area contributed by atoms with Crippen molar-refractivity contribution < 1.29 is 17.9 Å². The van der Waals surface area contributed by atoms with E-state index in [0.29, 0.717) is 0 Å². The second kappa shape index (κ2) is 3.77. The van der Waals surface area contributed by atoms with E-state index < -0.39 is 28.9 Å². The van der Waals surface area contributed by atoms with Crippen molar-refractivity contribution in [3.63, 3.8) is 0 Å². The largest absolute Gasteiger partial charge is 0.488 e. The zero-order valence-corrected chi connectivity index (χ0v) is 7.77. The van der Waals surface area contributed by atoms with Crippen LogP contribution in [0.1, 0.15) is 13.8 Å². The summed E-state index contributed by atoms with van der Waals surface area (Å²) in [5.74, 6) is -4.18. The molecule has 2 N–H and O–H groups in total. The lowest BCUT2D eigenvalue weighted by atomic mass is 10.2. The third-order valence-electron chi connectivity index (χ3n) is 1.52. The van der Waals surface area contributed by atoms with Crippen LogP contribution in [-0.2, 0) is 0 Å². The molecule has 0 bridgehead atoms. The average molecular weight is 205 g/mol. The Morgan fingerprint density at radius 2 is 1.79 bits per heavy atom. The van der Waals surface area contributed by atoms with E-state index in [2.05, 4.69) is 0 Å². The van der Waals surface area contributed by atoms with Crippen molar-refractivity contribution >= 4 is 5.69 Å². The molecule has 1 aromatic carbocycles. The first-order valence-corrected chi connectivity index (χ1v) is 4.03. The Labute approximate surface area is 79.5 Å². The molecule has 5 heteroatoms. The number of nitrogens with two attached hydrogens (primary N) is 1. The summed E-state index contributed by atoms with van der Waals surface area (Å²) in [6, 6.07) is 0.730. The monoisotopic (exact) mass is 205 g/mol. The fourth-order valence-electron chi connectivity index (χ4n) is 0.927. The van der Waals surface area contributed by atoms with Crippen molar-refractivity contribution in [3.8, 4) is 5.75 Å². The Bertz CT molecular complexity index is 352. The van der Waals surface area contributed by atoms with Crippen LogP contribution in [0.15, 0.2) is 6.07 Å². The van der Waals surface area contributed by atoms with Crippen molar-refractivity contribution in [1.82, 2.24) is 0 Å². The van der Waals surface area contributed by atoms with Gasteiger partial charge in [-0.1, -0.05) is 0 Å². The minimum absolute atomic E-state index is 0.369. The highest BCUT2D eigenvalue weighted by molar-refractivity contribution is 5.46. The van der Waals surface area contributed by atoms with Gasteiger partial charge in [0.05, 0.1) is 6.10 Å². The SMILES string of the molecule is CC(C)Oc1cc(F)c(N)c(F)c1F. The van der Waals surface area contributed by atoms with Gasteiger partial charge in [-0.25, -0.2) is 8.78 Å². The average Bonchev–Trinajstić information content (AvgIpc) is 2.10. The zero-order valence-electron chi connectivity index (χ0n) is 7.77. The van der Waals surface area contributed by atoms with Crippen LogP contribution in [0.2, 0.25) is 0 Å². The number of ether oxygens (including phenoxy) is 1. The fourth-order valence-corrected chi connectivity index (χ4v) is 0.927. The van der Waals surface area contributed by atoms with Crippen molar-refractivity contribution in [2.45, 2.75) is 20.0 Å². The smallest absolute Gasteiger partial charge is 0.202 e. The maximum atomic E-state index is 13.1. The van der Waals surface area contributed by atoms with Gasteiger partial charge in [0.25, 0.3) is 0 Å². The van der Waals surface area contributed by atoms with Crippen LogP contribution in [0.3, 0.4) is 0 Å². The van der Waals surface area contributed by atoms with Crippen molar-refractivity contribution in [2.24, 2.45) is 0 Å². The van der Waals surface area contributed by atoms with Gasteiger partial charge in [-0.3, -0.25) is 0 Å². The van der Waals surface area contributed by atoms with Crippen LogP contribution < -0.4 is 10.5 Å². The number of rotatable bonds is 2. The van der Waals surface area contributed by atoms with Crippen LogP contribution >= 0.6 is 0 Å². The molecule has 0 fully saturated rings. The second-order valence-corrected chi connectivity index (χ2v) is 3.06. The van der Waals surface area contributed by atoms with Gasteiger partial charge in [0.2, 0.25) is 5.82 Å². The van der Waals surface area contributed by atoms with Gasteiger partial charge < -0.3 is 10.5 Å². The molecular formula is C9H10F3NO. The molecule has 1 rings (SSSR count). The van der Waals surface area contributed by atoms with Gasteiger partial charge in [-0.05, 0) is 13.8 Å². The van der Waals surface area contributed by atoms with Gasteiger partial charge in [0.15, 0.2) is 17.4 Å².